The van der Waals surface area contributed by atoms with Crippen LogP contribution in [-0.2, 0) is 24.3 Å². The molecule has 4 rings (SSSR count). The fourth-order valence-corrected chi connectivity index (χ4v) is 5.64. The van der Waals surface area contributed by atoms with Gasteiger partial charge in [0.05, 0.1) is 17.9 Å². The van der Waals surface area contributed by atoms with Crippen molar-refractivity contribution in [2.75, 3.05) is 38.3 Å². The van der Waals surface area contributed by atoms with E-state index in [1.807, 2.05) is 0 Å². The van der Waals surface area contributed by atoms with Crippen LogP contribution in [0, 0.1) is 5.92 Å². The van der Waals surface area contributed by atoms with Crippen molar-refractivity contribution >= 4 is 33.4 Å². The minimum Gasteiger partial charge on any atom is -0.497 e. The van der Waals surface area contributed by atoms with Crippen LogP contribution in [0.1, 0.15) is 29.6 Å². The molecule has 2 saturated heterocycles. The maximum atomic E-state index is 12.6. The molecule has 2 fully saturated rings. The van der Waals surface area contributed by atoms with Gasteiger partial charge >= 0.3 is 5.97 Å². The minimum atomic E-state index is -3.56. The Kier molecular flexibility index (Phi) is 6.99. The molecule has 1 unspecified atom stereocenters. The molecule has 0 aromatic heterocycles. The molecule has 2 aliphatic heterocycles. The van der Waals surface area contributed by atoms with Crippen molar-refractivity contribution in [2.45, 2.75) is 24.2 Å². The van der Waals surface area contributed by atoms with Gasteiger partial charge in [0.25, 0.3) is 0 Å². The van der Waals surface area contributed by atoms with Crippen molar-refractivity contribution in [3.63, 3.8) is 0 Å². The summed E-state index contributed by atoms with van der Waals surface area (Å²) in [5.41, 5.74) is 0.869. The molecule has 34 heavy (non-hydrogen) atoms. The number of rotatable bonds is 8. The fraction of sp³-hybridized carbons (Fsp3) is 0.375. The molecule has 0 radical (unpaired) electrons. The van der Waals surface area contributed by atoms with Crippen LogP contribution in [0.5, 0.6) is 5.75 Å². The van der Waals surface area contributed by atoms with Crippen LogP contribution in [0.3, 0.4) is 0 Å². The molecular weight excluding hydrogens is 460 g/mol. The van der Waals surface area contributed by atoms with Crippen molar-refractivity contribution in [3.8, 4) is 5.75 Å². The second-order valence-electron chi connectivity index (χ2n) is 8.27. The molecule has 2 aromatic carbocycles. The Hall–Kier alpha value is -3.24. The third-order valence-corrected chi connectivity index (χ3v) is 7.96. The maximum Gasteiger partial charge on any atom is 0.311 e. The molecule has 2 aromatic rings. The smallest absolute Gasteiger partial charge is 0.311 e. The van der Waals surface area contributed by atoms with E-state index in [-0.39, 0.29) is 29.3 Å². The fourth-order valence-electron chi connectivity index (χ4n) is 4.12. The van der Waals surface area contributed by atoms with E-state index in [0.717, 1.165) is 12.8 Å². The molecule has 0 saturated carbocycles. The van der Waals surface area contributed by atoms with Crippen LogP contribution in [0.15, 0.2) is 53.4 Å². The van der Waals surface area contributed by atoms with Crippen molar-refractivity contribution < 1.29 is 32.3 Å². The van der Waals surface area contributed by atoms with Crippen LogP contribution in [0.2, 0.25) is 0 Å². The number of ether oxygens (including phenoxy) is 2. The van der Waals surface area contributed by atoms with Gasteiger partial charge in [-0.1, -0.05) is 6.07 Å². The second kappa shape index (κ2) is 9.94. The Balaban J connectivity index is 1.33. The predicted molar refractivity (Wildman–Crippen MR) is 123 cm³/mol. The Morgan fingerprint density at radius 2 is 1.76 bits per heavy atom. The van der Waals surface area contributed by atoms with E-state index in [4.69, 9.17) is 9.47 Å². The van der Waals surface area contributed by atoms with Crippen molar-refractivity contribution in [1.82, 2.24) is 4.31 Å². The van der Waals surface area contributed by atoms with Crippen molar-refractivity contribution in [2.24, 2.45) is 5.92 Å². The topological polar surface area (TPSA) is 110 Å². The molecular formula is C24H26N2O7S. The van der Waals surface area contributed by atoms with E-state index in [1.165, 1.54) is 40.6 Å². The van der Waals surface area contributed by atoms with Gasteiger partial charge in [-0.15, -0.1) is 0 Å². The molecule has 2 heterocycles. The summed E-state index contributed by atoms with van der Waals surface area (Å²) in [6, 6.07) is 12.6. The van der Waals surface area contributed by atoms with Crippen LogP contribution in [0.25, 0.3) is 0 Å². The van der Waals surface area contributed by atoms with Crippen LogP contribution >= 0.6 is 0 Å². The number of nitrogens with zero attached hydrogens (tertiary/aromatic N) is 2. The lowest BCUT2D eigenvalue weighted by Gasteiger charge is -2.17. The molecule has 1 atom stereocenters. The zero-order valence-electron chi connectivity index (χ0n) is 18.8. The van der Waals surface area contributed by atoms with Gasteiger partial charge in [0.1, 0.15) is 5.75 Å². The summed E-state index contributed by atoms with van der Waals surface area (Å²) in [7, 11) is -2.03. The number of esters is 1. The molecule has 0 N–H and O–H groups in total. The van der Waals surface area contributed by atoms with Crippen molar-refractivity contribution in [1.29, 1.82) is 0 Å². The predicted octanol–water partition coefficient (Wildman–Crippen LogP) is 2.26. The van der Waals surface area contributed by atoms with Gasteiger partial charge in [-0.05, 0) is 49.2 Å². The normalized spacial score (nSPS) is 18.8. The summed E-state index contributed by atoms with van der Waals surface area (Å²) in [6.07, 6.45) is 1.67. The highest BCUT2D eigenvalue weighted by Crippen LogP contribution is 2.28. The lowest BCUT2D eigenvalue weighted by molar-refractivity contribution is -0.147. The van der Waals surface area contributed by atoms with Crippen LogP contribution in [0.4, 0.5) is 5.69 Å². The first-order valence-corrected chi connectivity index (χ1v) is 12.5. The average molecular weight is 487 g/mol. The summed E-state index contributed by atoms with van der Waals surface area (Å²) in [5.74, 6) is -1.37. The lowest BCUT2D eigenvalue weighted by Crippen LogP contribution is -2.28. The van der Waals surface area contributed by atoms with Gasteiger partial charge in [0, 0.05) is 43.4 Å². The number of benzene rings is 2. The monoisotopic (exact) mass is 486 g/mol. The molecule has 10 heteroatoms. The third kappa shape index (κ3) is 4.97. The number of sulfonamides is 1. The number of methoxy groups -OCH3 is 1. The SMILES string of the molecule is COc1cccc(N2CC(C(=O)OCC(=O)c3ccc(S(=O)(=O)N4CCCC4)cc3)CC2=O)c1. The highest BCUT2D eigenvalue weighted by Gasteiger charge is 2.36. The number of amides is 1. The second-order valence-corrected chi connectivity index (χ2v) is 10.2. The first-order chi connectivity index (χ1) is 16.3. The summed E-state index contributed by atoms with van der Waals surface area (Å²) in [5, 5.41) is 0. The molecule has 0 aliphatic carbocycles. The molecule has 2 aliphatic rings. The van der Waals surface area contributed by atoms with Gasteiger partial charge in [-0.2, -0.15) is 4.31 Å². The number of hydrogen-bond donors (Lipinski definition) is 0. The molecule has 9 nitrogen and oxygen atoms in total. The van der Waals surface area contributed by atoms with E-state index < -0.39 is 34.3 Å². The summed E-state index contributed by atoms with van der Waals surface area (Å²) in [6.45, 7) is 0.665. The summed E-state index contributed by atoms with van der Waals surface area (Å²) in [4.78, 5) is 39.0. The summed E-state index contributed by atoms with van der Waals surface area (Å²) < 4.78 is 37.0. The zero-order valence-corrected chi connectivity index (χ0v) is 19.6. The first kappa shape index (κ1) is 23.9. The number of ketones is 1. The van der Waals surface area contributed by atoms with E-state index in [0.29, 0.717) is 24.5 Å². The van der Waals surface area contributed by atoms with Gasteiger partial charge < -0.3 is 14.4 Å². The number of hydrogen-bond acceptors (Lipinski definition) is 7. The molecule has 180 valence electrons. The van der Waals surface area contributed by atoms with E-state index in [1.54, 1.807) is 24.3 Å². The van der Waals surface area contributed by atoms with Crippen LogP contribution < -0.4 is 9.64 Å². The van der Waals surface area contributed by atoms with E-state index in [9.17, 15) is 22.8 Å². The van der Waals surface area contributed by atoms with Crippen LogP contribution in [-0.4, -0.2) is 63.7 Å². The Labute approximate surface area is 198 Å². The van der Waals surface area contributed by atoms with Gasteiger partial charge in [-0.3, -0.25) is 14.4 Å². The van der Waals surface area contributed by atoms with Gasteiger partial charge in [-0.25, -0.2) is 8.42 Å². The van der Waals surface area contributed by atoms with E-state index >= 15 is 0 Å². The van der Waals surface area contributed by atoms with E-state index in [2.05, 4.69) is 0 Å². The number of carbonyl (C=O) groups excluding carboxylic acids is 3. The Morgan fingerprint density at radius 1 is 1.06 bits per heavy atom. The zero-order chi connectivity index (χ0) is 24.3. The molecule has 1 amide bonds. The number of carbonyl (C=O) groups is 3. The van der Waals surface area contributed by atoms with Gasteiger partial charge in [0.15, 0.2) is 12.4 Å². The highest BCUT2D eigenvalue weighted by atomic mass is 32.2. The quantitative estimate of drug-likeness (QED) is 0.416. The first-order valence-electron chi connectivity index (χ1n) is 11.0. The Bertz CT molecular complexity index is 1190. The molecule has 0 bridgehead atoms. The van der Waals surface area contributed by atoms with Crippen molar-refractivity contribution in [3.05, 3.63) is 54.1 Å². The largest absolute Gasteiger partial charge is 0.497 e. The molecule has 0 spiro atoms. The number of anilines is 1. The standard InChI is InChI=1S/C24H26N2O7S/c1-32-20-6-4-5-19(14-20)26-15-18(13-23(26)28)24(29)33-16-22(27)17-7-9-21(10-8-17)34(30,31)25-11-2-3-12-25/h4-10,14,18H,2-3,11-13,15-16H2,1H3. The average Bonchev–Trinajstić information content (AvgIpc) is 3.53. The third-order valence-electron chi connectivity index (χ3n) is 6.05. The number of Topliss-reactive ketones (excluding diaryl/α,β-unsaturated/α-hetero) is 1. The Morgan fingerprint density at radius 3 is 2.44 bits per heavy atom. The maximum absolute atomic E-state index is 12.6. The minimum absolute atomic E-state index is 0.00666. The van der Waals surface area contributed by atoms with Gasteiger partial charge in [0.2, 0.25) is 15.9 Å². The summed E-state index contributed by atoms with van der Waals surface area (Å²) >= 11 is 0. The lowest BCUT2D eigenvalue weighted by atomic mass is 10.1. The highest BCUT2D eigenvalue weighted by molar-refractivity contribution is 7.89.